The number of ether oxygens (including phenoxy) is 1. The molecule has 26 heavy (non-hydrogen) atoms. The molecule has 0 bridgehead atoms. The summed E-state index contributed by atoms with van der Waals surface area (Å²) >= 11 is 0. The molecule has 0 N–H and O–H groups in total. The van der Waals surface area contributed by atoms with E-state index in [9.17, 15) is 14.9 Å². The Morgan fingerprint density at radius 1 is 1.15 bits per heavy atom. The summed E-state index contributed by atoms with van der Waals surface area (Å²) in [6, 6.07) is 15.5. The van der Waals surface area contributed by atoms with E-state index in [1.165, 1.54) is 18.2 Å². The molecule has 0 aliphatic heterocycles. The first-order valence-corrected chi connectivity index (χ1v) is 7.81. The van der Waals surface area contributed by atoms with E-state index in [0.717, 1.165) is 11.3 Å². The maximum absolute atomic E-state index is 11.8. The maximum atomic E-state index is 11.8. The molecule has 0 saturated heterocycles. The third-order valence-corrected chi connectivity index (χ3v) is 3.62. The third-order valence-electron chi connectivity index (χ3n) is 3.62. The number of esters is 1. The molecule has 130 valence electrons. The van der Waals surface area contributed by atoms with Gasteiger partial charge in [0.1, 0.15) is 6.61 Å². The van der Waals surface area contributed by atoms with Gasteiger partial charge in [-0.25, -0.2) is 9.48 Å². The van der Waals surface area contributed by atoms with Crippen molar-refractivity contribution < 1.29 is 14.5 Å². The van der Waals surface area contributed by atoms with Crippen LogP contribution in [0.3, 0.4) is 0 Å². The monoisotopic (exact) mass is 349 g/mol. The Kier molecular flexibility index (Phi) is 5.19. The van der Waals surface area contributed by atoms with Gasteiger partial charge in [-0.05, 0) is 35.9 Å². The fourth-order valence-electron chi connectivity index (χ4n) is 2.32. The number of carbonyl (C=O) groups is 1. The molecular weight excluding hydrogens is 334 g/mol. The van der Waals surface area contributed by atoms with Crippen molar-refractivity contribution in [3.05, 3.63) is 94.3 Å². The van der Waals surface area contributed by atoms with Crippen molar-refractivity contribution in [3.8, 4) is 5.69 Å². The van der Waals surface area contributed by atoms with Gasteiger partial charge >= 0.3 is 5.97 Å². The highest BCUT2D eigenvalue weighted by Gasteiger charge is 2.10. The van der Waals surface area contributed by atoms with Crippen molar-refractivity contribution in [1.82, 2.24) is 9.78 Å². The smallest absolute Gasteiger partial charge is 0.331 e. The molecule has 0 unspecified atom stereocenters. The average molecular weight is 349 g/mol. The minimum Gasteiger partial charge on any atom is -0.458 e. The van der Waals surface area contributed by atoms with Crippen LogP contribution in [0.2, 0.25) is 0 Å². The molecule has 2 aromatic carbocycles. The van der Waals surface area contributed by atoms with Gasteiger partial charge in [-0.15, -0.1) is 0 Å². The van der Waals surface area contributed by atoms with Crippen LogP contribution in [-0.2, 0) is 16.1 Å². The van der Waals surface area contributed by atoms with Gasteiger partial charge in [0.05, 0.1) is 16.2 Å². The number of hydrogen-bond donors (Lipinski definition) is 0. The zero-order valence-corrected chi connectivity index (χ0v) is 13.7. The number of nitro groups is 1. The lowest BCUT2D eigenvalue weighted by atomic mass is 10.1. The number of nitrogens with zero attached hydrogens (tertiary/aromatic N) is 3. The molecule has 7 heteroatoms. The second kappa shape index (κ2) is 7.89. The molecule has 0 atom stereocenters. The molecule has 3 aromatic rings. The molecule has 0 amide bonds. The number of carbonyl (C=O) groups excluding carboxylic acids is 1. The summed E-state index contributed by atoms with van der Waals surface area (Å²) in [6.45, 7) is 0.111. The lowest BCUT2D eigenvalue weighted by Gasteiger charge is -2.05. The highest BCUT2D eigenvalue weighted by molar-refractivity contribution is 5.87. The number of rotatable bonds is 6. The van der Waals surface area contributed by atoms with Crippen LogP contribution in [0.25, 0.3) is 11.8 Å². The summed E-state index contributed by atoms with van der Waals surface area (Å²) in [5.41, 5.74) is 2.01. The predicted molar refractivity (Wildman–Crippen MR) is 95.5 cm³/mol. The van der Waals surface area contributed by atoms with Crippen LogP contribution in [0.1, 0.15) is 11.1 Å². The Hall–Kier alpha value is -3.74. The minimum atomic E-state index is -0.570. The van der Waals surface area contributed by atoms with Gasteiger partial charge in [-0.1, -0.05) is 24.3 Å². The van der Waals surface area contributed by atoms with Gasteiger partial charge in [-0.3, -0.25) is 10.1 Å². The van der Waals surface area contributed by atoms with Crippen molar-refractivity contribution >= 4 is 17.7 Å². The lowest BCUT2D eigenvalue weighted by Crippen LogP contribution is -2.01. The van der Waals surface area contributed by atoms with Gasteiger partial charge in [0.25, 0.3) is 5.69 Å². The van der Waals surface area contributed by atoms with E-state index in [2.05, 4.69) is 5.10 Å². The van der Waals surface area contributed by atoms with Crippen molar-refractivity contribution in [2.24, 2.45) is 0 Å². The first kappa shape index (κ1) is 17.1. The first-order chi connectivity index (χ1) is 12.6. The first-order valence-electron chi connectivity index (χ1n) is 7.81. The molecule has 0 radical (unpaired) electrons. The fourth-order valence-corrected chi connectivity index (χ4v) is 2.32. The molecular formula is C19H15N3O4. The van der Waals surface area contributed by atoms with Crippen LogP contribution >= 0.6 is 0 Å². The predicted octanol–water partition coefficient (Wildman–Crippen LogP) is 3.54. The summed E-state index contributed by atoms with van der Waals surface area (Å²) in [4.78, 5) is 22.3. The summed E-state index contributed by atoms with van der Waals surface area (Å²) in [6.07, 6.45) is 6.09. The van der Waals surface area contributed by atoms with E-state index in [1.54, 1.807) is 29.1 Å². The van der Waals surface area contributed by atoms with Crippen molar-refractivity contribution in [2.45, 2.75) is 6.61 Å². The number of nitro benzene ring substituents is 1. The van der Waals surface area contributed by atoms with Crippen LogP contribution in [0.4, 0.5) is 5.69 Å². The Morgan fingerprint density at radius 2 is 1.92 bits per heavy atom. The molecule has 7 nitrogen and oxygen atoms in total. The van der Waals surface area contributed by atoms with Gasteiger partial charge in [0.2, 0.25) is 0 Å². The molecule has 0 spiro atoms. The zero-order chi connectivity index (χ0) is 18.4. The highest BCUT2D eigenvalue weighted by Crippen LogP contribution is 2.19. The van der Waals surface area contributed by atoms with Crippen molar-refractivity contribution in [2.75, 3.05) is 0 Å². The van der Waals surface area contributed by atoms with E-state index < -0.39 is 10.9 Å². The highest BCUT2D eigenvalue weighted by atomic mass is 16.6. The lowest BCUT2D eigenvalue weighted by molar-refractivity contribution is -0.385. The summed E-state index contributed by atoms with van der Waals surface area (Å²) in [5.74, 6) is -0.570. The average Bonchev–Trinajstić information content (AvgIpc) is 3.20. The van der Waals surface area contributed by atoms with Gasteiger partial charge < -0.3 is 4.74 Å². The van der Waals surface area contributed by atoms with Gasteiger partial charge in [0, 0.05) is 24.5 Å². The van der Waals surface area contributed by atoms with E-state index in [1.807, 2.05) is 36.5 Å². The third kappa shape index (κ3) is 4.21. The molecule has 1 aromatic heterocycles. The summed E-state index contributed by atoms with van der Waals surface area (Å²) < 4.78 is 6.89. The van der Waals surface area contributed by atoms with Crippen LogP contribution in [0.15, 0.2) is 73.1 Å². The van der Waals surface area contributed by atoms with E-state index in [4.69, 9.17) is 4.74 Å². The molecule has 0 aliphatic rings. The second-order valence-electron chi connectivity index (χ2n) is 5.37. The van der Waals surface area contributed by atoms with Crippen LogP contribution in [0, 0.1) is 10.1 Å². The molecule has 1 heterocycles. The molecule has 3 rings (SSSR count). The Morgan fingerprint density at radius 3 is 2.62 bits per heavy atom. The Balaban J connectivity index is 1.58. The van der Waals surface area contributed by atoms with Crippen molar-refractivity contribution in [3.63, 3.8) is 0 Å². The standard InChI is InChI=1S/C19H15N3O4/c23-19(11-8-16-4-1-2-5-18(16)22(24)25)26-14-15-6-9-17(10-7-15)21-13-3-12-20-21/h1-13H,14H2/b11-8+. The Bertz CT molecular complexity index is 932. The fraction of sp³-hybridized carbons (Fsp3) is 0.0526. The summed E-state index contributed by atoms with van der Waals surface area (Å²) in [5, 5.41) is 15.1. The van der Waals surface area contributed by atoms with E-state index >= 15 is 0 Å². The molecule has 0 fully saturated rings. The van der Waals surface area contributed by atoms with Crippen molar-refractivity contribution in [1.29, 1.82) is 0 Å². The van der Waals surface area contributed by atoms with Crippen LogP contribution < -0.4 is 0 Å². The number of para-hydroxylation sites is 1. The SMILES string of the molecule is O=C(/C=C/c1ccccc1[N+](=O)[O-])OCc1ccc(-n2cccn2)cc1. The maximum Gasteiger partial charge on any atom is 0.331 e. The topological polar surface area (TPSA) is 87.3 Å². The van der Waals surface area contributed by atoms with Crippen LogP contribution in [0.5, 0.6) is 0 Å². The molecule has 0 saturated carbocycles. The zero-order valence-electron chi connectivity index (χ0n) is 13.7. The Labute approximate surface area is 149 Å². The quantitative estimate of drug-likeness (QED) is 0.294. The normalized spacial score (nSPS) is 10.8. The number of benzene rings is 2. The van der Waals surface area contributed by atoms with E-state index in [-0.39, 0.29) is 12.3 Å². The number of hydrogen-bond acceptors (Lipinski definition) is 5. The second-order valence-corrected chi connectivity index (χ2v) is 5.37. The largest absolute Gasteiger partial charge is 0.458 e. The number of aromatic nitrogens is 2. The molecule has 0 aliphatic carbocycles. The van der Waals surface area contributed by atoms with Gasteiger partial charge in [-0.2, -0.15) is 5.10 Å². The minimum absolute atomic E-state index is 0.0641. The van der Waals surface area contributed by atoms with Crippen LogP contribution in [-0.4, -0.2) is 20.7 Å². The van der Waals surface area contributed by atoms with E-state index in [0.29, 0.717) is 5.56 Å². The van der Waals surface area contributed by atoms with Gasteiger partial charge in [0.15, 0.2) is 0 Å². The summed E-state index contributed by atoms with van der Waals surface area (Å²) in [7, 11) is 0.